The van der Waals surface area contributed by atoms with Crippen LogP contribution in [0.25, 0.3) is 5.57 Å². The molecule has 120 valence electrons. The Kier molecular flexibility index (Phi) is 5.50. The van der Waals surface area contributed by atoms with Crippen LogP contribution in [0, 0.1) is 0 Å². The van der Waals surface area contributed by atoms with Crippen molar-refractivity contribution in [1.29, 1.82) is 0 Å². The lowest BCUT2D eigenvalue weighted by Crippen LogP contribution is -2.42. The fraction of sp³-hybridized carbons (Fsp3) is 0.222. The molecule has 23 heavy (non-hydrogen) atoms. The van der Waals surface area contributed by atoms with E-state index >= 15 is 0 Å². The number of alkyl halides is 1. The second-order valence-corrected chi connectivity index (χ2v) is 5.51. The topological polar surface area (TPSA) is 32.7 Å². The van der Waals surface area contributed by atoms with E-state index in [4.69, 9.17) is 11.6 Å². The minimum Gasteiger partial charge on any atom is -0.290 e. The van der Waals surface area contributed by atoms with Crippen LogP contribution in [0.3, 0.4) is 0 Å². The molecule has 5 heteroatoms. The second kappa shape index (κ2) is 7.38. The van der Waals surface area contributed by atoms with Crippen LogP contribution in [0.5, 0.6) is 0 Å². The van der Waals surface area contributed by atoms with Gasteiger partial charge in [-0.25, -0.2) is 9.38 Å². The third-order valence-electron chi connectivity index (χ3n) is 3.37. The second-order valence-electron chi connectivity index (χ2n) is 5.10. The number of carbonyl (C=O) groups is 1. The summed E-state index contributed by atoms with van der Waals surface area (Å²) in [6.07, 6.45) is 3.57. The summed E-state index contributed by atoms with van der Waals surface area (Å²) >= 11 is 6.21. The third kappa shape index (κ3) is 3.59. The predicted octanol–water partition coefficient (Wildman–Crippen LogP) is 4.41. The van der Waals surface area contributed by atoms with E-state index in [1.54, 1.807) is 31.2 Å². The van der Waals surface area contributed by atoms with Gasteiger partial charge in [-0.15, -0.1) is 0 Å². The van der Waals surface area contributed by atoms with Crippen molar-refractivity contribution in [3.8, 4) is 0 Å². The Balaban J connectivity index is 2.63. The zero-order valence-electron chi connectivity index (χ0n) is 13.1. The van der Waals surface area contributed by atoms with Crippen molar-refractivity contribution in [2.45, 2.75) is 13.8 Å². The van der Waals surface area contributed by atoms with Gasteiger partial charge in [0.1, 0.15) is 12.5 Å². The predicted molar refractivity (Wildman–Crippen MR) is 93.1 cm³/mol. The van der Waals surface area contributed by atoms with Gasteiger partial charge in [-0.1, -0.05) is 42.5 Å². The van der Waals surface area contributed by atoms with Crippen LogP contribution in [0.15, 0.2) is 59.3 Å². The molecule has 0 saturated carbocycles. The Morgan fingerprint density at radius 2 is 2.13 bits per heavy atom. The molecular formula is C18H18ClFN2O. The molecule has 1 amide bonds. The highest BCUT2D eigenvalue weighted by Crippen LogP contribution is 2.31. The summed E-state index contributed by atoms with van der Waals surface area (Å²) in [5, 5.41) is 0.475. The Hall–Kier alpha value is -2.20. The highest BCUT2D eigenvalue weighted by molar-refractivity contribution is 6.37. The highest BCUT2D eigenvalue weighted by atomic mass is 35.5. The summed E-state index contributed by atoms with van der Waals surface area (Å²) in [7, 11) is 0. The fourth-order valence-electron chi connectivity index (χ4n) is 2.36. The largest absolute Gasteiger partial charge is 0.290 e. The molecule has 0 radical (unpaired) electrons. The molecule has 0 saturated heterocycles. The number of allylic oxidation sites excluding steroid dienone is 2. The number of halogens is 2. The minimum absolute atomic E-state index is 0.0654. The van der Waals surface area contributed by atoms with Gasteiger partial charge in [0.25, 0.3) is 5.91 Å². The van der Waals surface area contributed by atoms with Crippen molar-refractivity contribution in [1.82, 2.24) is 4.90 Å². The van der Waals surface area contributed by atoms with Crippen molar-refractivity contribution in [2.75, 3.05) is 13.2 Å². The quantitative estimate of drug-likeness (QED) is 0.803. The van der Waals surface area contributed by atoms with E-state index in [0.717, 1.165) is 5.57 Å². The number of amidine groups is 1. The summed E-state index contributed by atoms with van der Waals surface area (Å²) < 4.78 is 13.0. The van der Waals surface area contributed by atoms with E-state index in [1.807, 2.05) is 19.1 Å². The number of rotatable bonds is 4. The SMILES string of the molecule is C=C(C)N=C1/C(=C\C)C=C(c2ccccc2Cl)C(=O)N1CCF. The average Bonchev–Trinajstić information content (AvgIpc) is 2.52. The standard InChI is InChI=1S/C18H18ClFN2O/c1-4-13-11-15(14-7-5-6-8-16(14)19)18(23)22(10-9-20)17(13)21-12(2)3/h4-8,11H,2,9-10H2,1,3H3/b13-4-,21-17?. The van der Waals surface area contributed by atoms with Crippen LogP contribution in [0.1, 0.15) is 19.4 Å². The lowest BCUT2D eigenvalue weighted by atomic mass is 9.96. The summed E-state index contributed by atoms with van der Waals surface area (Å²) in [6.45, 7) is 6.58. The summed E-state index contributed by atoms with van der Waals surface area (Å²) in [4.78, 5) is 18.5. The van der Waals surface area contributed by atoms with Crippen molar-refractivity contribution in [3.05, 3.63) is 64.9 Å². The molecule has 1 aliphatic heterocycles. The molecule has 0 atom stereocenters. The van der Waals surface area contributed by atoms with Crippen LogP contribution >= 0.6 is 11.6 Å². The number of aliphatic imine (C=N–C) groups is 1. The molecule has 1 aromatic rings. The first-order valence-corrected chi connectivity index (χ1v) is 7.62. The highest BCUT2D eigenvalue weighted by Gasteiger charge is 2.31. The molecule has 3 nitrogen and oxygen atoms in total. The molecule has 2 rings (SSSR count). The lowest BCUT2D eigenvalue weighted by molar-refractivity contribution is -0.121. The number of hydrogen-bond donors (Lipinski definition) is 0. The van der Waals surface area contributed by atoms with Gasteiger partial charge < -0.3 is 0 Å². The van der Waals surface area contributed by atoms with Crippen molar-refractivity contribution < 1.29 is 9.18 Å². The van der Waals surface area contributed by atoms with Gasteiger partial charge in [0.05, 0.1) is 6.54 Å². The smallest absolute Gasteiger partial charge is 0.260 e. The minimum atomic E-state index is -0.659. The van der Waals surface area contributed by atoms with Crippen molar-refractivity contribution in [2.24, 2.45) is 4.99 Å². The van der Waals surface area contributed by atoms with Gasteiger partial charge in [0, 0.05) is 27.4 Å². The fourth-order valence-corrected chi connectivity index (χ4v) is 2.60. The molecule has 1 heterocycles. The van der Waals surface area contributed by atoms with Crippen LogP contribution in [0.4, 0.5) is 4.39 Å². The van der Waals surface area contributed by atoms with E-state index < -0.39 is 6.67 Å². The normalized spacial score (nSPS) is 18.5. The molecule has 1 aromatic carbocycles. The van der Waals surface area contributed by atoms with Crippen LogP contribution in [-0.4, -0.2) is 29.9 Å². The van der Waals surface area contributed by atoms with Crippen molar-refractivity contribution in [3.63, 3.8) is 0 Å². The third-order valence-corrected chi connectivity index (χ3v) is 3.70. The van der Waals surface area contributed by atoms with E-state index in [9.17, 15) is 9.18 Å². The summed E-state index contributed by atoms with van der Waals surface area (Å²) in [5.41, 5.74) is 2.33. The molecule has 0 fully saturated rings. The van der Waals surface area contributed by atoms with Gasteiger partial charge in [-0.05, 0) is 26.0 Å². The number of hydrogen-bond acceptors (Lipinski definition) is 2. The maximum Gasteiger partial charge on any atom is 0.260 e. The number of nitrogens with zero attached hydrogens (tertiary/aromatic N) is 2. The summed E-state index contributed by atoms with van der Waals surface area (Å²) in [6, 6.07) is 7.09. The molecule has 0 bridgehead atoms. The van der Waals surface area contributed by atoms with E-state index in [2.05, 4.69) is 11.6 Å². The van der Waals surface area contributed by atoms with Gasteiger partial charge in [-0.3, -0.25) is 9.69 Å². The van der Waals surface area contributed by atoms with Gasteiger partial charge in [-0.2, -0.15) is 0 Å². The van der Waals surface area contributed by atoms with Gasteiger partial charge >= 0.3 is 0 Å². The van der Waals surface area contributed by atoms with Crippen LogP contribution in [-0.2, 0) is 4.79 Å². The van der Waals surface area contributed by atoms with Crippen LogP contribution < -0.4 is 0 Å². The van der Waals surface area contributed by atoms with Gasteiger partial charge in [0.15, 0.2) is 0 Å². The zero-order chi connectivity index (χ0) is 17.0. The monoisotopic (exact) mass is 332 g/mol. The van der Waals surface area contributed by atoms with Gasteiger partial charge in [0.2, 0.25) is 0 Å². The average molecular weight is 333 g/mol. The molecule has 1 aliphatic rings. The molecule has 0 aromatic heterocycles. The Bertz CT molecular complexity index is 734. The first-order chi connectivity index (χ1) is 11.0. The molecule has 0 aliphatic carbocycles. The summed E-state index contributed by atoms with van der Waals surface area (Å²) in [5.74, 6) is 0.0970. The molecular weight excluding hydrogens is 315 g/mol. The first kappa shape index (κ1) is 17.2. The van der Waals surface area contributed by atoms with E-state index in [0.29, 0.717) is 27.7 Å². The zero-order valence-corrected chi connectivity index (χ0v) is 13.9. The number of benzene rings is 1. The Morgan fingerprint density at radius 3 is 2.70 bits per heavy atom. The lowest BCUT2D eigenvalue weighted by Gasteiger charge is -2.30. The van der Waals surface area contributed by atoms with Crippen LogP contribution in [0.2, 0.25) is 5.02 Å². The molecule has 0 N–H and O–H groups in total. The number of carbonyl (C=O) groups excluding carboxylic acids is 1. The first-order valence-electron chi connectivity index (χ1n) is 7.25. The Labute approximate surface area is 140 Å². The van der Waals surface area contributed by atoms with E-state index in [1.165, 1.54) is 4.90 Å². The Morgan fingerprint density at radius 1 is 1.43 bits per heavy atom. The maximum absolute atomic E-state index is 13.0. The van der Waals surface area contributed by atoms with E-state index in [-0.39, 0.29) is 12.5 Å². The number of amides is 1. The molecule has 0 spiro atoms. The maximum atomic E-state index is 13.0. The van der Waals surface area contributed by atoms with Crippen molar-refractivity contribution >= 4 is 28.9 Å². The molecule has 0 unspecified atom stereocenters.